The van der Waals surface area contributed by atoms with Gasteiger partial charge >= 0.3 is 0 Å². The van der Waals surface area contributed by atoms with Gasteiger partial charge in [-0.3, -0.25) is 0 Å². The van der Waals surface area contributed by atoms with Gasteiger partial charge in [-0.05, 0) is 105 Å². The highest BCUT2D eigenvalue weighted by Crippen LogP contribution is 2.58. The lowest BCUT2D eigenvalue weighted by Crippen LogP contribution is -2.30. The molecule has 41 heavy (non-hydrogen) atoms. The van der Waals surface area contributed by atoms with Crippen molar-refractivity contribution in [1.29, 1.82) is 0 Å². The Morgan fingerprint density at radius 1 is 0.415 bits per heavy atom. The van der Waals surface area contributed by atoms with Gasteiger partial charge in [0.25, 0.3) is 0 Å². The SMILES string of the molecule is Cc1ccc(C2(c3ccccc3-c3cc(C)cc4c3Cc3ccccc3-4)c3ccccc3-c3ccccc32)c(C)c1. The first-order valence-corrected chi connectivity index (χ1v) is 14.7. The zero-order valence-electron chi connectivity index (χ0n) is 23.8. The normalized spacial score (nSPS) is 13.8. The van der Waals surface area contributed by atoms with E-state index in [0.29, 0.717) is 0 Å². The Balaban J connectivity index is 1.51. The Morgan fingerprint density at radius 3 is 1.49 bits per heavy atom. The van der Waals surface area contributed by atoms with E-state index in [1.54, 1.807) is 0 Å². The summed E-state index contributed by atoms with van der Waals surface area (Å²) >= 11 is 0. The topological polar surface area (TPSA) is 0 Å². The molecule has 0 nitrogen and oxygen atoms in total. The largest absolute Gasteiger partial charge is 0.0722 e. The van der Waals surface area contributed by atoms with Crippen LogP contribution in [-0.2, 0) is 11.8 Å². The highest BCUT2D eigenvalue weighted by atomic mass is 14.5. The van der Waals surface area contributed by atoms with Gasteiger partial charge in [0, 0.05) is 0 Å². The van der Waals surface area contributed by atoms with E-state index in [2.05, 4.69) is 148 Å². The molecule has 6 aromatic carbocycles. The summed E-state index contributed by atoms with van der Waals surface area (Å²) in [4.78, 5) is 0. The van der Waals surface area contributed by atoms with E-state index in [-0.39, 0.29) is 0 Å². The van der Waals surface area contributed by atoms with Crippen molar-refractivity contribution in [2.45, 2.75) is 32.6 Å². The fourth-order valence-electron chi connectivity index (χ4n) is 7.85. The van der Waals surface area contributed by atoms with Crippen LogP contribution in [0, 0.1) is 20.8 Å². The van der Waals surface area contributed by atoms with E-state index < -0.39 is 5.41 Å². The first-order chi connectivity index (χ1) is 20.1. The van der Waals surface area contributed by atoms with Gasteiger partial charge in [0.1, 0.15) is 0 Å². The maximum Gasteiger partial charge on any atom is 0.0722 e. The molecule has 196 valence electrons. The molecule has 0 heteroatoms. The summed E-state index contributed by atoms with van der Waals surface area (Å²) in [5.41, 5.74) is 19.9. The van der Waals surface area contributed by atoms with Crippen LogP contribution in [0.5, 0.6) is 0 Å². The minimum absolute atomic E-state index is 0.427. The number of aryl methyl sites for hydroxylation is 3. The molecule has 6 aromatic rings. The minimum Gasteiger partial charge on any atom is -0.0619 e. The van der Waals surface area contributed by atoms with Crippen molar-refractivity contribution in [3.8, 4) is 33.4 Å². The Labute approximate surface area is 243 Å². The lowest BCUT2D eigenvalue weighted by Gasteiger charge is -2.37. The van der Waals surface area contributed by atoms with Crippen LogP contribution < -0.4 is 0 Å². The zero-order valence-corrected chi connectivity index (χ0v) is 23.8. The van der Waals surface area contributed by atoms with Gasteiger partial charge in [0.15, 0.2) is 0 Å². The lowest BCUT2D eigenvalue weighted by molar-refractivity contribution is 0.762. The monoisotopic (exact) mass is 524 g/mol. The average molecular weight is 525 g/mol. The predicted molar refractivity (Wildman–Crippen MR) is 172 cm³/mol. The zero-order chi connectivity index (χ0) is 27.7. The molecule has 0 aliphatic heterocycles. The van der Waals surface area contributed by atoms with Gasteiger partial charge in [-0.2, -0.15) is 0 Å². The van der Waals surface area contributed by atoms with Crippen LogP contribution in [0.3, 0.4) is 0 Å². The third-order valence-corrected chi connectivity index (χ3v) is 9.43. The van der Waals surface area contributed by atoms with Crippen LogP contribution in [0.25, 0.3) is 33.4 Å². The first-order valence-electron chi connectivity index (χ1n) is 14.7. The molecule has 2 aliphatic rings. The second-order valence-corrected chi connectivity index (χ2v) is 11.9. The summed E-state index contributed by atoms with van der Waals surface area (Å²) in [7, 11) is 0. The number of rotatable bonds is 3. The van der Waals surface area contributed by atoms with Gasteiger partial charge in [-0.15, -0.1) is 0 Å². The Kier molecular flexibility index (Phi) is 5.25. The maximum atomic E-state index is 2.42. The number of hydrogen-bond donors (Lipinski definition) is 0. The van der Waals surface area contributed by atoms with Gasteiger partial charge in [-0.25, -0.2) is 0 Å². The first kappa shape index (κ1) is 24.1. The van der Waals surface area contributed by atoms with Crippen molar-refractivity contribution in [2.75, 3.05) is 0 Å². The molecule has 0 radical (unpaired) electrons. The summed E-state index contributed by atoms with van der Waals surface area (Å²) in [5, 5.41) is 0. The van der Waals surface area contributed by atoms with Crippen LogP contribution in [0.4, 0.5) is 0 Å². The molecule has 0 atom stereocenters. The quantitative estimate of drug-likeness (QED) is 0.216. The summed E-state index contributed by atoms with van der Waals surface area (Å²) in [5.74, 6) is 0. The fourth-order valence-corrected chi connectivity index (χ4v) is 7.85. The van der Waals surface area contributed by atoms with Crippen LogP contribution in [0.15, 0.2) is 127 Å². The van der Waals surface area contributed by atoms with Gasteiger partial charge in [-0.1, -0.05) is 133 Å². The smallest absolute Gasteiger partial charge is 0.0619 e. The van der Waals surface area contributed by atoms with E-state index in [1.807, 2.05) is 0 Å². The third kappa shape index (κ3) is 3.34. The van der Waals surface area contributed by atoms with E-state index in [4.69, 9.17) is 0 Å². The number of hydrogen-bond acceptors (Lipinski definition) is 0. The molecule has 0 saturated heterocycles. The van der Waals surface area contributed by atoms with Crippen molar-refractivity contribution in [1.82, 2.24) is 0 Å². The Morgan fingerprint density at radius 2 is 0.902 bits per heavy atom. The van der Waals surface area contributed by atoms with E-state index in [0.717, 1.165) is 6.42 Å². The minimum atomic E-state index is -0.427. The van der Waals surface area contributed by atoms with Crippen molar-refractivity contribution < 1.29 is 0 Å². The number of benzene rings is 6. The number of fused-ring (bicyclic) bond motifs is 6. The Hall–Kier alpha value is -4.68. The standard InChI is InChI=1S/C41H32/c1-26-20-21-37(28(3)22-26)41(38-17-9-6-14-31(38)32-15-7-10-18-39(32)41)40-19-11-8-16-33(40)35-24-27(2)23-34-30-13-5-4-12-29(30)25-36(34)35/h4-24H,25H2,1-3H3. The van der Waals surface area contributed by atoms with Crippen LogP contribution in [0.1, 0.15) is 50.1 Å². The molecule has 0 bridgehead atoms. The molecule has 2 aliphatic carbocycles. The highest BCUT2D eigenvalue weighted by Gasteiger charge is 2.47. The predicted octanol–water partition coefficient (Wildman–Crippen LogP) is 10.2. The second-order valence-electron chi connectivity index (χ2n) is 11.9. The average Bonchev–Trinajstić information content (AvgIpc) is 3.51. The molecule has 0 N–H and O–H groups in total. The molecular formula is C41H32. The van der Waals surface area contributed by atoms with E-state index in [1.165, 1.54) is 83.5 Å². The second kappa shape index (κ2) is 8.91. The molecule has 0 amide bonds. The summed E-state index contributed by atoms with van der Waals surface area (Å²) < 4.78 is 0. The van der Waals surface area contributed by atoms with E-state index >= 15 is 0 Å². The van der Waals surface area contributed by atoms with Crippen LogP contribution >= 0.6 is 0 Å². The molecule has 0 heterocycles. The van der Waals surface area contributed by atoms with Crippen molar-refractivity contribution in [3.63, 3.8) is 0 Å². The third-order valence-electron chi connectivity index (χ3n) is 9.43. The molecule has 0 spiro atoms. The highest BCUT2D eigenvalue weighted by molar-refractivity contribution is 5.92. The van der Waals surface area contributed by atoms with Gasteiger partial charge in [0.05, 0.1) is 5.41 Å². The van der Waals surface area contributed by atoms with Gasteiger partial charge < -0.3 is 0 Å². The van der Waals surface area contributed by atoms with E-state index in [9.17, 15) is 0 Å². The molecule has 8 rings (SSSR count). The van der Waals surface area contributed by atoms with Crippen molar-refractivity contribution in [2.24, 2.45) is 0 Å². The molecule has 0 fully saturated rings. The summed E-state index contributed by atoms with van der Waals surface area (Å²) in [6, 6.07) is 48.1. The molecule has 0 unspecified atom stereocenters. The van der Waals surface area contributed by atoms with Crippen molar-refractivity contribution >= 4 is 0 Å². The van der Waals surface area contributed by atoms with Crippen molar-refractivity contribution in [3.05, 3.63) is 177 Å². The Bertz CT molecular complexity index is 1960. The maximum absolute atomic E-state index is 2.42. The summed E-state index contributed by atoms with van der Waals surface area (Å²) in [6.45, 7) is 6.73. The molecule has 0 saturated carbocycles. The lowest BCUT2D eigenvalue weighted by atomic mass is 9.64. The van der Waals surface area contributed by atoms with Crippen LogP contribution in [-0.4, -0.2) is 0 Å². The van der Waals surface area contributed by atoms with Gasteiger partial charge in [0.2, 0.25) is 0 Å². The fraction of sp³-hybridized carbons (Fsp3) is 0.122. The summed E-state index contributed by atoms with van der Waals surface area (Å²) in [6.07, 6.45) is 0.971. The van der Waals surface area contributed by atoms with Crippen LogP contribution in [0.2, 0.25) is 0 Å². The molecule has 0 aromatic heterocycles. The molecular weight excluding hydrogens is 492 g/mol.